The van der Waals surface area contributed by atoms with Gasteiger partial charge in [0, 0.05) is 6.54 Å². The molecular weight excluding hydrogens is 345 g/mol. The maximum Gasteiger partial charge on any atom is 0.253 e. The Balaban J connectivity index is 0.00000264. The van der Waals surface area contributed by atoms with Crippen molar-refractivity contribution in [3.8, 4) is 0 Å². The zero-order valence-corrected chi connectivity index (χ0v) is 14.4. The smallest absolute Gasteiger partial charge is 0.253 e. The van der Waals surface area contributed by atoms with Gasteiger partial charge in [-0.25, -0.2) is 12.8 Å². The summed E-state index contributed by atoms with van der Waals surface area (Å²) in [6.07, 6.45) is 3.05. The monoisotopic (exact) mass is 365 g/mol. The summed E-state index contributed by atoms with van der Waals surface area (Å²) in [5.41, 5.74) is 0.0531. The fraction of sp³-hybridized carbons (Fsp3) is 0.500. The average molecular weight is 366 g/mol. The molecule has 1 aliphatic rings. The largest absolute Gasteiger partial charge is 0.352 e. The number of hydrogen-bond acceptors (Lipinski definition) is 4. The Morgan fingerprint density at radius 3 is 2.78 bits per heavy atom. The van der Waals surface area contributed by atoms with Gasteiger partial charge in [0.25, 0.3) is 5.91 Å². The minimum absolute atomic E-state index is 0. The second-order valence-electron chi connectivity index (χ2n) is 5.49. The summed E-state index contributed by atoms with van der Waals surface area (Å²) in [6.45, 7) is 2.29. The minimum Gasteiger partial charge on any atom is -0.352 e. The Hall–Kier alpha value is -1.38. The highest BCUT2D eigenvalue weighted by atomic mass is 35.5. The van der Waals surface area contributed by atoms with Crippen LogP contribution >= 0.6 is 12.4 Å². The third kappa shape index (κ3) is 6.32. The van der Waals surface area contributed by atoms with Gasteiger partial charge in [-0.3, -0.25) is 9.52 Å². The molecule has 130 valence electrons. The number of halogens is 2. The van der Waals surface area contributed by atoms with E-state index in [9.17, 15) is 17.6 Å². The van der Waals surface area contributed by atoms with Crippen molar-refractivity contribution < 1.29 is 17.6 Å². The highest BCUT2D eigenvalue weighted by molar-refractivity contribution is 7.92. The van der Waals surface area contributed by atoms with E-state index in [2.05, 4.69) is 15.4 Å². The molecule has 1 amide bonds. The first kappa shape index (κ1) is 19.7. The molecule has 1 heterocycles. The molecule has 23 heavy (non-hydrogen) atoms. The first-order valence-electron chi connectivity index (χ1n) is 7.11. The Labute approximate surface area is 141 Å². The van der Waals surface area contributed by atoms with Crippen molar-refractivity contribution in [1.82, 2.24) is 10.6 Å². The van der Waals surface area contributed by atoms with Gasteiger partial charge >= 0.3 is 0 Å². The molecule has 2 rings (SSSR count). The van der Waals surface area contributed by atoms with E-state index in [4.69, 9.17) is 0 Å². The third-order valence-electron chi connectivity index (χ3n) is 3.47. The quantitative estimate of drug-likeness (QED) is 0.735. The third-order valence-corrected chi connectivity index (χ3v) is 4.06. The lowest BCUT2D eigenvalue weighted by Gasteiger charge is -2.23. The summed E-state index contributed by atoms with van der Waals surface area (Å²) < 4.78 is 38.2. The maximum absolute atomic E-state index is 13.4. The van der Waals surface area contributed by atoms with Crippen molar-refractivity contribution in [2.24, 2.45) is 5.92 Å². The number of rotatable bonds is 5. The van der Waals surface area contributed by atoms with Crippen molar-refractivity contribution in [3.63, 3.8) is 0 Å². The van der Waals surface area contributed by atoms with Crippen molar-refractivity contribution in [2.45, 2.75) is 12.8 Å². The number of amides is 1. The van der Waals surface area contributed by atoms with Crippen LogP contribution in [0.4, 0.5) is 10.1 Å². The van der Waals surface area contributed by atoms with Gasteiger partial charge in [-0.1, -0.05) is 0 Å². The van der Waals surface area contributed by atoms with Gasteiger partial charge in [-0.05, 0) is 50.0 Å². The van der Waals surface area contributed by atoms with Gasteiger partial charge in [0.1, 0.15) is 5.82 Å². The summed E-state index contributed by atoms with van der Waals surface area (Å²) in [7, 11) is -3.54. The fourth-order valence-corrected chi connectivity index (χ4v) is 3.00. The Bertz CT molecular complexity index is 649. The summed E-state index contributed by atoms with van der Waals surface area (Å²) >= 11 is 0. The van der Waals surface area contributed by atoms with Gasteiger partial charge in [-0.15, -0.1) is 12.4 Å². The van der Waals surface area contributed by atoms with Gasteiger partial charge in [-0.2, -0.15) is 0 Å². The molecule has 0 aliphatic carbocycles. The molecule has 1 fully saturated rings. The van der Waals surface area contributed by atoms with E-state index in [0.29, 0.717) is 12.5 Å². The fourth-order valence-electron chi connectivity index (χ4n) is 2.42. The first-order chi connectivity index (χ1) is 10.3. The zero-order chi connectivity index (χ0) is 16.2. The Kier molecular flexibility index (Phi) is 7.24. The van der Waals surface area contributed by atoms with E-state index < -0.39 is 21.7 Å². The van der Waals surface area contributed by atoms with Crippen LogP contribution in [-0.4, -0.2) is 40.2 Å². The standard InChI is InChI=1S/C14H20FN3O3S.ClH/c1-22(20,21)18-13-5-4-11(15)7-12(13)14(19)17-9-10-3-2-6-16-8-10;/h4-5,7,10,16,18H,2-3,6,8-9H2,1H3,(H,17,19);1H. The van der Waals surface area contributed by atoms with Crippen LogP contribution in [-0.2, 0) is 10.0 Å². The molecule has 0 radical (unpaired) electrons. The molecule has 1 aromatic carbocycles. The van der Waals surface area contributed by atoms with Gasteiger partial charge < -0.3 is 10.6 Å². The lowest BCUT2D eigenvalue weighted by atomic mass is 9.99. The number of hydrogen-bond donors (Lipinski definition) is 3. The molecule has 0 aromatic heterocycles. The Morgan fingerprint density at radius 1 is 1.43 bits per heavy atom. The SMILES string of the molecule is CS(=O)(=O)Nc1ccc(F)cc1C(=O)NCC1CCCNC1.Cl. The van der Waals surface area contributed by atoms with Crippen LogP contribution in [0.5, 0.6) is 0 Å². The summed E-state index contributed by atoms with van der Waals surface area (Å²) in [5, 5.41) is 5.99. The van der Waals surface area contributed by atoms with E-state index in [0.717, 1.165) is 44.3 Å². The normalized spacial score (nSPS) is 17.9. The van der Waals surface area contributed by atoms with Crippen molar-refractivity contribution in [3.05, 3.63) is 29.6 Å². The highest BCUT2D eigenvalue weighted by Crippen LogP contribution is 2.18. The number of benzene rings is 1. The molecule has 0 spiro atoms. The molecule has 3 N–H and O–H groups in total. The van der Waals surface area contributed by atoms with Crippen LogP contribution in [0, 0.1) is 11.7 Å². The van der Waals surface area contributed by atoms with Crippen molar-refractivity contribution >= 4 is 34.0 Å². The summed E-state index contributed by atoms with van der Waals surface area (Å²) in [6, 6.07) is 3.38. The Morgan fingerprint density at radius 2 is 2.17 bits per heavy atom. The van der Waals surface area contributed by atoms with Crippen LogP contribution in [0.3, 0.4) is 0 Å². The highest BCUT2D eigenvalue weighted by Gasteiger charge is 2.18. The number of piperidine rings is 1. The molecule has 1 saturated heterocycles. The lowest BCUT2D eigenvalue weighted by molar-refractivity contribution is 0.0945. The van der Waals surface area contributed by atoms with E-state index in [1.807, 2.05) is 0 Å². The van der Waals surface area contributed by atoms with Crippen LogP contribution < -0.4 is 15.4 Å². The van der Waals surface area contributed by atoms with E-state index in [-0.39, 0.29) is 23.7 Å². The summed E-state index contributed by atoms with van der Waals surface area (Å²) in [4.78, 5) is 12.2. The predicted octanol–water partition coefficient (Wildman–Crippen LogP) is 1.35. The van der Waals surface area contributed by atoms with E-state index in [1.165, 1.54) is 6.07 Å². The first-order valence-corrected chi connectivity index (χ1v) is 9.00. The number of carbonyl (C=O) groups is 1. The number of nitrogens with one attached hydrogen (secondary N) is 3. The predicted molar refractivity (Wildman–Crippen MR) is 90.0 cm³/mol. The summed E-state index contributed by atoms with van der Waals surface area (Å²) in [5.74, 6) is -0.752. The van der Waals surface area contributed by atoms with Gasteiger partial charge in [0.15, 0.2) is 0 Å². The number of carbonyl (C=O) groups excluding carboxylic acids is 1. The minimum atomic E-state index is -3.54. The topological polar surface area (TPSA) is 87.3 Å². The molecule has 0 saturated carbocycles. The molecule has 0 bridgehead atoms. The molecule has 1 aromatic rings. The van der Waals surface area contributed by atoms with Crippen molar-refractivity contribution in [1.29, 1.82) is 0 Å². The van der Waals surface area contributed by atoms with Crippen LogP contribution in [0.15, 0.2) is 18.2 Å². The van der Waals surface area contributed by atoms with Crippen LogP contribution in [0.25, 0.3) is 0 Å². The number of anilines is 1. The van der Waals surface area contributed by atoms with Crippen LogP contribution in [0.1, 0.15) is 23.2 Å². The molecule has 6 nitrogen and oxygen atoms in total. The molecule has 1 atom stereocenters. The van der Waals surface area contributed by atoms with Gasteiger partial charge in [0.05, 0.1) is 17.5 Å². The molecular formula is C14H21ClFN3O3S. The molecule has 1 unspecified atom stereocenters. The van der Waals surface area contributed by atoms with E-state index >= 15 is 0 Å². The number of sulfonamides is 1. The second-order valence-corrected chi connectivity index (χ2v) is 7.23. The average Bonchev–Trinajstić information content (AvgIpc) is 2.46. The van der Waals surface area contributed by atoms with E-state index in [1.54, 1.807) is 0 Å². The van der Waals surface area contributed by atoms with Crippen LogP contribution in [0.2, 0.25) is 0 Å². The van der Waals surface area contributed by atoms with Gasteiger partial charge in [0.2, 0.25) is 10.0 Å². The maximum atomic E-state index is 13.4. The molecule has 9 heteroatoms. The lowest BCUT2D eigenvalue weighted by Crippen LogP contribution is -2.38. The molecule has 1 aliphatic heterocycles. The second kappa shape index (κ2) is 8.47. The zero-order valence-electron chi connectivity index (χ0n) is 12.8. The van der Waals surface area contributed by atoms with Crippen molar-refractivity contribution in [2.75, 3.05) is 30.6 Å².